The zero-order valence-corrected chi connectivity index (χ0v) is 22.1. The molecule has 1 amide bonds. The number of carbonyl (C=O) groups excluding carboxylic acids is 1. The van der Waals surface area contributed by atoms with Crippen molar-refractivity contribution in [2.24, 2.45) is 28.1 Å². The molecule has 0 spiro atoms. The Balaban J connectivity index is 2.15. The Morgan fingerprint density at radius 2 is 1.69 bits per heavy atom. The summed E-state index contributed by atoms with van der Waals surface area (Å²) in [5.74, 6) is -1.57. The van der Waals surface area contributed by atoms with Gasteiger partial charge in [0.15, 0.2) is 0 Å². The zero-order valence-electron chi connectivity index (χ0n) is 21.3. The summed E-state index contributed by atoms with van der Waals surface area (Å²) < 4.78 is 0. The number of anilines is 1. The van der Waals surface area contributed by atoms with Gasteiger partial charge in [-0.1, -0.05) is 49.2 Å². The van der Waals surface area contributed by atoms with Crippen molar-refractivity contribution in [3.05, 3.63) is 66.2 Å². The lowest BCUT2D eigenvalue weighted by atomic mass is 9.36. The molecule has 0 saturated heterocycles. The van der Waals surface area contributed by atoms with E-state index < -0.39 is 46.4 Å². The van der Waals surface area contributed by atoms with Crippen molar-refractivity contribution in [3.8, 4) is 0 Å². The average Bonchev–Trinajstić information content (AvgIpc) is 2.78. The van der Waals surface area contributed by atoms with E-state index in [9.17, 15) is 20.1 Å². The van der Waals surface area contributed by atoms with Crippen LogP contribution in [0, 0.1) is 28.1 Å². The van der Waals surface area contributed by atoms with Crippen LogP contribution in [-0.2, 0) is 4.79 Å². The van der Waals surface area contributed by atoms with Crippen molar-refractivity contribution in [2.75, 3.05) is 5.32 Å². The first-order chi connectivity index (χ1) is 16.4. The van der Waals surface area contributed by atoms with E-state index >= 15 is 0 Å². The van der Waals surface area contributed by atoms with E-state index in [1.807, 2.05) is 13.8 Å². The summed E-state index contributed by atoms with van der Waals surface area (Å²) in [4.78, 5) is 13.6. The van der Waals surface area contributed by atoms with Crippen molar-refractivity contribution >= 4 is 23.2 Å². The molecule has 1 aromatic carbocycles. The van der Waals surface area contributed by atoms with Gasteiger partial charge in [-0.25, -0.2) is 0 Å². The van der Waals surface area contributed by atoms with Crippen LogP contribution >= 0.6 is 11.6 Å². The first-order valence-corrected chi connectivity index (χ1v) is 12.7. The number of aliphatic hydroxyl groups is 3. The lowest BCUT2D eigenvalue weighted by Crippen LogP contribution is -2.76. The molecule has 6 heteroatoms. The maximum absolute atomic E-state index is 13.6. The molecule has 2 bridgehead atoms. The predicted molar refractivity (Wildman–Crippen MR) is 142 cm³/mol. The summed E-state index contributed by atoms with van der Waals surface area (Å²) >= 11 is 5.98. The molecule has 2 fully saturated rings. The summed E-state index contributed by atoms with van der Waals surface area (Å²) in [6.45, 7) is 16.1. The van der Waals surface area contributed by atoms with Crippen LogP contribution in [0.4, 0.5) is 5.69 Å². The highest BCUT2D eigenvalue weighted by Gasteiger charge is 2.74. The first kappa shape index (κ1) is 27.7. The third-order valence-corrected chi connectivity index (χ3v) is 9.16. The Hall–Kier alpha value is -1.92. The molecule has 0 aliphatic heterocycles. The van der Waals surface area contributed by atoms with Gasteiger partial charge in [-0.15, -0.1) is 13.2 Å². The molecule has 5 nitrogen and oxygen atoms in total. The number of amides is 1. The predicted octanol–water partition coefficient (Wildman–Crippen LogP) is 5.52. The highest BCUT2D eigenvalue weighted by molar-refractivity contribution is 6.30. The second kappa shape index (κ2) is 10.2. The Morgan fingerprint density at radius 1 is 1.09 bits per heavy atom. The lowest BCUT2D eigenvalue weighted by Gasteiger charge is -2.70. The molecule has 0 aromatic heterocycles. The molecule has 3 rings (SSSR count). The Kier molecular flexibility index (Phi) is 8.07. The highest BCUT2D eigenvalue weighted by Crippen LogP contribution is 2.69. The summed E-state index contributed by atoms with van der Waals surface area (Å²) in [6.07, 6.45) is 3.88. The molecular formula is C29H40ClNO4. The van der Waals surface area contributed by atoms with Crippen molar-refractivity contribution in [2.45, 2.75) is 71.7 Å². The summed E-state index contributed by atoms with van der Waals surface area (Å²) in [5, 5.41) is 39.0. The Morgan fingerprint density at radius 3 is 2.23 bits per heavy atom. The van der Waals surface area contributed by atoms with Crippen molar-refractivity contribution < 1.29 is 20.1 Å². The standard InChI is InChI=1S/C29H40ClNO4/c1-7-15-28-17-19(10-9-18(3)4)27(5,6)29(16-8-2,26(28)35)24(33)22(23(28)32)25(34)31-21-13-11-20(30)12-14-21/h7-9,11-14,19,22-24,26,32-33,35H,1-2,10,15-17H2,3-6H3,(H,31,34)/t19-,22?,23?,24?,26?,28-,29+/m1/s1. The van der Waals surface area contributed by atoms with E-state index in [0.29, 0.717) is 30.0 Å². The van der Waals surface area contributed by atoms with E-state index in [1.165, 1.54) is 5.57 Å². The van der Waals surface area contributed by atoms with Gasteiger partial charge < -0.3 is 20.6 Å². The number of hydrogen-bond acceptors (Lipinski definition) is 4. The second-order valence-electron chi connectivity index (χ2n) is 11.2. The molecule has 0 heterocycles. The van der Waals surface area contributed by atoms with Crippen LogP contribution in [-0.4, -0.2) is 39.5 Å². The SMILES string of the molecule is C=CC[C@@]12C[C@@H](CC=C(C)C)C(C)(C)[C@@](CC=C)(C(O)C(C(=O)Nc3ccc(Cl)cc3)C1O)C2O. The molecule has 2 aliphatic rings. The minimum absolute atomic E-state index is 0.0604. The van der Waals surface area contributed by atoms with Crippen LogP contribution in [0.3, 0.4) is 0 Å². The van der Waals surface area contributed by atoms with Crippen LogP contribution in [0.25, 0.3) is 0 Å². The van der Waals surface area contributed by atoms with Gasteiger partial charge in [0, 0.05) is 21.5 Å². The van der Waals surface area contributed by atoms with Gasteiger partial charge in [-0.05, 0) is 75.1 Å². The van der Waals surface area contributed by atoms with Crippen LogP contribution in [0.5, 0.6) is 0 Å². The topological polar surface area (TPSA) is 89.8 Å². The van der Waals surface area contributed by atoms with E-state index in [-0.39, 0.29) is 5.92 Å². The molecule has 35 heavy (non-hydrogen) atoms. The number of benzene rings is 1. The summed E-state index contributed by atoms with van der Waals surface area (Å²) in [5.41, 5.74) is -0.963. The normalized spacial score (nSPS) is 35.6. The quantitative estimate of drug-likeness (QED) is 0.353. The molecule has 2 saturated carbocycles. The van der Waals surface area contributed by atoms with Gasteiger partial charge in [0.25, 0.3) is 0 Å². The molecule has 4 unspecified atom stereocenters. The van der Waals surface area contributed by atoms with Gasteiger partial charge >= 0.3 is 0 Å². The maximum atomic E-state index is 13.6. The van der Waals surface area contributed by atoms with Crippen LogP contribution < -0.4 is 5.32 Å². The Labute approximate surface area is 214 Å². The van der Waals surface area contributed by atoms with Gasteiger partial charge in [0.05, 0.1) is 24.2 Å². The minimum Gasteiger partial charge on any atom is -0.392 e. The molecule has 4 N–H and O–H groups in total. The van der Waals surface area contributed by atoms with Gasteiger partial charge in [-0.3, -0.25) is 4.79 Å². The van der Waals surface area contributed by atoms with E-state index in [2.05, 4.69) is 38.4 Å². The number of hydrogen-bond donors (Lipinski definition) is 4. The third kappa shape index (κ3) is 4.42. The Bertz CT molecular complexity index is 983. The average molecular weight is 502 g/mol. The van der Waals surface area contributed by atoms with E-state index in [0.717, 1.165) is 6.42 Å². The molecule has 192 valence electrons. The molecule has 0 radical (unpaired) electrons. The van der Waals surface area contributed by atoms with Crippen molar-refractivity contribution in [1.29, 1.82) is 0 Å². The van der Waals surface area contributed by atoms with Crippen LogP contribution in [0.15, 0.2) is 61.2 Å². The number of halogens is 1. The van der Waals surface area contributed by atoms with Gasteiger partial charge in [-0.2, -0.15) is 0 Å². The fourth-order valence-corrected chi connectivity index (χ4v) is 6.99. The number of rotatable bonds is 8. The van der Waals surface area contributed by atoms with E-state index in [4.69, 9.17) is 11.6 Å². The number of nitrogens with one attached hydrogen (secondary N) is 1. The maximum Gasteiger partial charge on any atom is 0.232 e. The molecule has 7 atom stereocenters. The fourth-order valence-electron chi connectivity index (χ4n) is 6.87. The monoisotopic (exact) mass is 501 g/mol. The van der Waals surface area contributed by atoms with Crippen molar-refractivity contribution in [3.63, 3.8) is 0 Å². The zero-order chi connectivity index (χ0) is 26.2. The van der Waals surface area contributed by atoms with Crippen LogP contribution in [0.2, 0.25) is 5.02 Å². The minimum atomic E-state index is -1.29. The molecule has 2 aliphatic carbocycles. The smallest absolute Gasteiger partial charge is 0.232 e. The summed E-state index contributed by atoms with van der Waals surface area (Å²) in [6, 6.07) is 6.68. The number of carbonyl (C=O) groups is 1. The number of allylic oxidation sites excluding steroid dienone is 4. The first-order valence-electron chi connectivity index (χ1n) is 12.3. The number of fused-ring (bicyclic) bond motifs is 2. The number of aliphatic hydroxyl groups excluding tert-OH is 3. The fraction of sp³-hybridized carbons (Fsp3) is 0.552. The largest absolute Gasteiger partial charge is 0.392 e. The van der Waals surface area contributed by atoms with Crippen LogP contribution in [0.1, 0.15) is 53.4 Å². The highest BCUT2D eigenvalue weighted by atomic mass is 35.5. The summed E-state index contributed by atoms with van der Waals surface area (Å²) in [7, 11) is 0. The van der Waals surface area contributed by atoms with Gasteiger partial charge in [0.1, 0.15) is 0 Å². The third-order valence-electron chi connectivity index (χ3n) is 8.91. The molecule has 1 aromatic rings. The molecular weight excluding hydrogens is 462 g/mol. The van der Waals surface area contributed by atoms with E-state index in [1.54, 1.807) is 36.4 Å². The van der Waals surface area contributed by atoms with Gasteiger partial charge in [0.2, 0.25) is 5.91 Å². The lowest BCUT2D eigenvalue weighted by molar-refractivity contribution is -0.306. The second-order valence-corrected chi connectivity index (χ2v) is 11.6. The van der Waals surface area contributed by atoms with Crippen molar-refractivity contribution in [1.82, 2.24) is 0 Å².